The van der Waals surface area contributed by atoms with Gasteiger partial charge < -0.3 is 15.0 Å². The molecule has 3 heterocycles. The summed E-state index contributed by atoms with van der Waals surface area (Å²) < 4.78 is 2.09. The van der Waals surface area contributed by atoms with Gasteiger partial charge in [-0.25, -0.2) is 0 Å². The molecular weight excluding hydrogens is 218 g/mol. The summed E-state index contributed by atoms with van der Waals surface area (Å²) in [5.41, 5.74) is -0.520. The van der Waals surface area contributed by atoms with Gasteiger partial charge in [-0.2, -0.15) is 0 Å². The lowest BCUT2D eigenvalue weighted by Gasteiger charge is -2.38. The molecule has 0 unspecified atom stereocenters. The number of hydrogen-bond donors (Lipinski definition) is 2. The van der Waals surface area contributed by atoms with Crippen LogP contribution >= 0.6 is 0 Å². The largest absolute Gasteiger partial charge is 0.388 e. The molecule has 0 bridgehead atoms. The molecule has 3 rings (SSSR count). The highest BCUT2D eigenvalue weighted by Crippen LogP contribution is 2.21. The zero-order chi connectivity index (χ0) is 11.7. The number of nitrogens with one attached hydrogen (secondary N) is 1. The molecule has 0 radical (unpaired) electrons. The number of aliphatic hydroxyl groups is 1. The Kier molecular flexibility index (Phi) is 2.85. The molecule has 2 aliphatic rings. The number of aromatic nitrogens is 3. The fourth-order valence-corrected chi connectivity index (χ4v) is 2.72. The van der Waals surface area contributed by atoms with Crippen molar-refractivity contribution in [2.45, 2.75) is 31.5 Å². The van der Waals surface area contributed by atoms with Crippen LogP contribution in [0.2, 0.25) is 0 Å². The van der Waals surface area contributed by atoms with Crippen LogP contribution in [0.4, 0.5) is 0 Å². The van der Waals surface area contributed by atoms with Crippen molar-refractivity contribution in [3.05, 3.63) is 12.2 Å². The van der Waals surface area contributed by atoms with Crippen molar-refractivity contribution in [2.24, 2.45) is 0 Å². The van der Waals surface area contributed by atoms with Crippen LogP contribution in [0.15, 0.2) is 6.33 Å². The summed E-state index contributed by atoms with van der Waals surface area (Å²) in [4.78, 5) is 2.29. The Hall–Kier alpha value is -0.980. The van der Waals surface area contributed by atoms with E-state index in [1.54, 1.807) is 6.33 Å². The van der Waals surface area contributed by atoms with Crippen molar-refractivity contribution in [1.29, 1.82) is 0 Å². The number of piperidine rings is 1. The Morgan fingerprint density at radius 2 is 2.18 bits per heavy atom. The van der Waals surface area contributed by atoms with Gasteiger partial charge in [0.2, 0.25) is 0 Å². The Morgan fingerprint density at radius 3 is 3.00 bits per heavy atom. The van der Waals surface area contributed by atoms with Gasteiger partial charge in [-0.3, -0.25) is 4.90 Å². The Balaban J connectivity index is 1.63. The first kappa shape index (κ1) is 11.1. The van der Waals surface area contributed by atoms with Crippen molar-refractivity contribution >= 4 is 0 Å². The van der Waals surface area contributed by atoms with Crippen LogP contribution in [0.1, 0.15) is 18.7 Å². The second-order valence-corrected chi connectivity index (χ2v) is 5.13. The normalized spacial score (nSPS) is 24.5. The lowest BCUT2D eigenvalue weighted by molar-refractivity contribution is -0.0268. The third-order valence-electron chi connectivity index (χ3n) is 3.77. The second-order valence-electron chi connectivity index (χ2n) is 5.13. The zero-order valence-electron chi connectivity index (χ0n) is 9.97. The van der Waals surface area contributed by atoms with Crippen LogP contribution in [-0.4, -0.2) is 56.6 Å². The molecular formula is C11H19N5O. The Morgan fingerprint density at radius 1 is 1.35 bits per heavy atom. The lowest BCUT2D eigenvalue weighted by atomic mass is 9.91. The van der Waals surface area contributed by atoms with Gasteiger partial charge in [0, 0.05) is 19.6 Å². The van der Waals surface area contributed by atoms with E-state index < -0.39 is 5.60 Å². The monoisotopic (exact) mass is 237 g/mol. The molecule has 1 aromatic heterocycles. The molecule has 0 saturated carbocycles. The van der Waals surface area contributed by atoms with E-state index >= 15 is 0 Å². The molecule has 0 amide bonds. The van der Waals surface area contributed by atoms with Crippen LogP contribution < -0.4 is 5.32 Å². The van der Waals surface area contributed by atoms with Gasteiger partial charge in [0.1, 0.15) is 12.2 Å². The molecule has 0 spiro atoms. The SMILES string of the molecule is OC1(CN2CCn3cnnc3C2)CCNCC1. The van der Waals surface area contributed by atoms with Gasteiger partial charge in [0.15, 0.2) is 0 Å². The zero-order valence-corrected chi connectivity index (χ0v) is 9.97. The number of hydrogen-bond acceptors (Lipinski definition) is 5. The first-order valence-corrected chi connectivity index (χ1v) is 6.27. The second kappa shape index (κ2) is 4.36. The molecule has 2 N–H and O–H groups in total. The van der Waals surface area contributed by atoms with E-state index in [1.807, 2.05) is 0 Å². The van der Waals surface area contributed by atoms with Crippen LogP contribution in [0.3, 0.4) is 0 Å². The fourth-order valence-electron chi connectivity index (χ4n) is 2.72. The van der Waals surface area contributed by atoms with Crippen LogP contribution in [-0.2, 0) is 13.1 Å². The molecule has 2 aliphatic heterocycles. The van der Waals surface area contributed by atoms with E-state index in [4.69, 9.17) is 0 Å². The smallest absolute Gasteiger partial charge is 0.147 e. The van der Waals surface area contributed by atoms with E-state index in [0.29, 0.717) is 0 Å². The third-order valence-corrected chi connectivity index (χ3v) is 3.77. The van der Waals surface area contributed by atoms with Crippen molar-refractivity contribution < 1.29 is 5.11 Å². The Bertz CT molecular complexity index is 385. The first-order valence-electron chi connectivity index (χ1n) is 6.27. The van der Waals surface area contributed by atoms with Gasteiger partial charge >= 0.3 is 0 Å². The molecule has 17 heavy (non-hydrogen) atoms. The van der Waals surface area contributed by atoms with Crippen molar-refractivity contribution in [3.8, 4) is 0 Å². The molecule has 1 fully saturated rings. The predicted octanol–water partition coefficient (Wildman–Crippen LogP) is -0.792. The quantitative estimate of drug-likeness (QED) is 0.705. The summed E-state index contributed by atoms with van der Waals surface area (Å²) in [6, 6.07) is 0. The summed E-state index contributed by atoms with van der Waals surface area (Å²) in [7, 11) is 0. The average molecular weight is 237 g/mol. The number of fused-ring (bicyclic) bond motifs is 1. The molecule has 6 heteroatoms. The molecule has 0 aliphatic carbocycles. The Labute approximate surface area is 101 Å². The highest BCUT2D eigenvalue weighted by atomic mass is 16.3. The predicted molar refractivity (Wildman–Crippen MR) is 62.4 cm³/mol. The van der Waals surface area contributed by atoms with Gasteiger partial charge in [0.05, 0.1) is 12.1 Å². The van der Waals surface area contributed by atoms with Crippen LogP contribution in [0.5, 0.6) is 0 Å². The van der Waals surface area contributed by atoms with Crippen molar-refractivity contribution in [3.63, 3.8) is 0 Å². The molecule has 94 valence electrons. The summed E-state index contributed by atoms with van der Waals surface area (Å²) in [6.45, 7) is 5.29. The molecule has 1 saturated heterocycles. The van der Waals surface area contributed by atoms with E-state index in [1.165, 1.54) is 0 Å². The summed E-state index contributed by atoms with van der Waals surface area (Å²) in [5, 5.41) is 21.8. The van der Waals surface area contributed by atoms with Crippen molar-refractivity contribution in [1.82, 2.24) is 25.0 Å². The molecule has 0 aromatic carbocycles. The van der Waals surface area contributed by atoms with E-state index in [0.717, 1.165) is 57.9 Å². The van der Waals surface area contributed by atoms with Gasteiger partial charge in [-0.15, -0.1) is 10.2 Å². The number of nitrogens with zero attached hydrogens (tertiary/aromatic N) is 4. The number of β-amino-alcohol motifs (C(OH)–C–C–N with tert-alkyl or cyclic N) is 1. The minimum absolute atomic E-state index is 0.520. The van der Waals surface area contributed by atoms with Crippen molar-refractivity contribution in [2.75, 3.05) is 26.2 Å². The van der Waals surface area contributed by atoms with Gasteiger partial charge in [-0.1, -0.05) is 0 Å². The van der Waals surface area contributed by atoms with E-state index in [9.17, 15) is 5.11 Å². The highest BCUT2D eigenvalue weighted by Gasteiger charge is 2.32. The van der Waals surface area contributed by atoms with E-state index in [2.05, 4.69) is 25.0 Å². The number of rotatable bonds is 2. The first-order chi connectivity index (χ1) is 8.25. The van der Waals surface area contributed by atoms with Crippen LogP contribution in [0.25, 0.3) is 0 Å². The van der Waals surface area contributed by atoms with Gasteiger partial charge in [-0.05, 0) is 25.9 Å². The molecule has 1 aromatic rings. The fraction of sp³-hybridized carbons (Fsp3) is 0.818. The minimum atomic E-state index is -0.520. The molecule has 6 nitrogen and oxygen atoms in total. The maximum Gasteiger partial charge on any atom is 0.147 e. The topological polar surface area (TPSA) is 66.2 Å². The van der Waals surface area contributed by atoms with Gasteiger partial charge in [0.25, 0.3) is 0 Å². The minimum Gasteiger partial charge on any atom is -0.388 e. The third kappa shape index (κ3) is 2.34. The average Bonchev–Trinajstić information content (AvgIpc) is 2.76. The maximum absolute atomic E-state index is 10.5. The summed E-state index contributed by atoms with van der Waals surface area (Å²) in [5.74, 6) is 1.01. The summed E-state index contributed by atoms with van der Waals surface area (Å²) >= 11 is 0. The van der Waals surface area contributed by atoms with Crippen LogP contribution in [0, 0.1) is 0 Å². The highest BCUT2D eigenvalue weighted by molar-refractivity contribution is 4.93. The maximum atomic E-state index is 10.5. The van der Waals surface area contributed by atoms with E-state index in [-0.39, 0.29) is 0 Å². The lowest BCUT2D eigenvalue weighted by Crippen LogP contribution is -2.51. The summed E-state index contributed by atoms with van der Waals surface area (Å²) in [6.07, 6.45) is 3.47. The molecule has 0 atom stereocenters. The standard InChI is InChI=1S/C11H19N5O/c17-11(1-3-12-4-2-11)8-15-5-6-16-9-13-14-10(16)7-15/h9,12,17H,1-8H2.